The van der Waals surface area contributed by atoms with E-state index in [1.54, 1.807) is 18.2 Å². The Morgan fingerprint density at radius 2 is 2.03 bits per heavy atom. The lowest BCUT2D eigenvalue weighted by atomic mass is 10.0. The summed E-state index contributed by atoms with van der Waals surface area (Å²) < 4.78 is 17.6. The minimum Gasteiger partial charge on any atom is -0.453 e. The number of aromatic amines is 1. The number of rotatable bonds is 9. The summed E-state index contributed by atoms with van der Waals surface area (Å²) in [6.45, 7) is 2.74. The Hall–Kier alpha value is -3.25. The number of aromatic nitrogens is 3. The minimum atomic E-state index is -0.919. The molecule has 0 aliphatic carbocycles. The molecule has 4 rings (SSSR count). The van der Waals surface area contributed by atoms with Crippen molar-refractivity contribution in [2.24, 2.45) is 0 Å². The molecule has 3 aromatic rings. The van der Waals surface area contributed by atoms with Gasteiger partial charge in [0.2, 0.25) is 0 Å². The van der Waals surface area contributed by atoms with Gasteiger partial charge in [0, 0.05) is 30.3 Å². The topological polar surface area (TPSA) is 136 Å². The monoisotopic (exact) mass is 512 g/mol. The summed E-state index contributed by atoms with van der Waals surface area (Å²) in [6.07, 6.45) is 0.111. The van der Waals surface area contributed by atoms with Gasteiger partial charge in [-0.3, -0.25) is 14.7 Å². The van der Waals surface area contributed by atoms with E-state index in [0.717, 1.165) is 16.7 Å². The molecule has 190 valence electrons. The standard InChI is InChI=1S/C25H28N4O6S/c1-15(33-16(2)31)23(32)28-20-5-3-4-19(10-20)24-34-21(13-36-25-26-14-27-29-25)11-22(35-24)18-8-6-17(12-30)7-9-18/h3-10,14-15,21-22,24,30H,11-13H2,1-2H3,(H,28,32)(H,26,27,29)/t15-,21-,22+,24?/m0/s1. The van der Waals surface area contributed by atoms with E-state index in [1.807, 2.05) is 30.3 Å². The van der Waals surface area contributed by atoms with Crippen LogP contribution in [-0.4, -0.2) is 50.1 Å². The molecule has 0 bridgehead atoms. The number of hydrogen-bond acceptors (Lipinski definition) is 9. The summed E-state index contributed by atoms with van der Waals surface area (Å²) in [5.74, 6) is -0.324. The van der Waals surface area contributed by atoms with Gasteiger partial charge in [-0.25, -0.2) is 4.98 Å². The number of carbonyl (C=O) groups excluding carboxylic acids is 2. The maximum atomic E-state index is 12.4. The molecular weight excluding hydrogens is 484 g/mol. The van der Waals surface area contributed by atoms with Crippen LogP contribution in [0.1, 0.15) is 49.4 Å². The Morgan fingerprint density at radius 3 is 2.72 bits per heavy atom. The SMILES string of the molecule is CC(=O)O[C@@H](C)C(=O)Nc1cccc(C2O[C@H](CSc3ncn[nH]3)C[C@H](c3ccc(CO)cc3)O2)c1. The Kier molecular flexibility index (Phi) is 8.70. The number of benzene rings is 2. The fourth-order valence-corrected chi connectivity index (χ4v) is 4.57. The number of ether oxygens (including phenoxy) is 3. The Morgan fingerprint density at radius 1 is 1.22 bits per heavy atom. The fourth-order valence-electron chi connectivity index (χ4n) is 3.77. The third-order valence-corrected chi connectivity index (χ3v) is 6.56. The third-order valence-electron chi connectivity index (χ3n) is 5.55. The van der Waals surface area contributed by atoms with Crippen molar-refractivity contribution in [2.45, 2.75) is 56.6 Å². The molecule has 4 atom stereocenters. The molecule has 2 aromatic carbocycles. The summed E-state index contributed by atoms with van der Waals surface area (Å²) in [6, 6.07) is 14.8. The summed E-state index contributed by atoms with van der Waals surface area (Å²) in [5, 5.41) is 19.6. The first-order valence-electron chi connectivity index (χ1n) is 11.5. The number of nitrogens with one attached hydrogen (secondary N) is 2. The molecule has 1 saturated heterocycles. The number of esters is 1. The van der Waals surface area contributed by atoms with E-state index in [-0.39, 0.29) is 18.8 Å². The predicted molar refractivity (Wildman–Crippen MR) is 132 cm³/mol. The van der Waals surface area contributed by atoms with Crippen molar-refractivity contribution in [1.82, 2.24) is 15.2 Å². The van der Waals surface area contributed by atoms with E-state index in [4.69, 9.17) is 14.2 Å². The van der Waals surface area contributed by atoms with Crippen LogP contribution in [0, 0.1) is 0 Å². The highest BCUT2D eigenvalue weighted by molar-refractivity contribution is 7.99. The molecule has 10 nitrogen and oxygen atoms in total. The average molecular weight is 513 g/mol. The maximum Gasteiger partial charge on any atom is 0.303 e. The molecule has 36 heavy (non-hydrogen) atoms. The predicted octanol–water partition coefficient (Wildman–Crippen LogP) is 3.52. The molecule has 1 amide bonds. The number of thioether (sulfide) groups is 1. The van der Waals surface area contributed by atoms with Crippen molar-refractivity contribution in [2.75, 3.05) is 11.1 Å². The van der Waals surface area contributed by atoms with Crippen LogP contribution in [0.2, 0.25) is 0 Å². The molecule has 0 radical (unpaired) electrons. The van der Waals surface area contributed by atoms with Crippen molar-refractivity contribution in [3.8, 4) is 0 Å². The van der Waals surface area contributed by atoms with Crippen molar-refractivity contribution < 1.29 is 28.9 Å². The van der Waals surface area contributed by atoms with Crippen LogP contribution in [0.15, 0.2) is 60.0 Å². The molecule has 11 heteroatoms. The first-order valence-corrected chi connectivity index (χ1v) is 12.5. The lowest BCUT2D eigenvalue weighted by Gasteiger charge is -2.36. The molecule has 1 fully saturated rings. The molecule has 1 aliphatic heterocycles. The molecule has 2 heterocycles. The summed E-state index contributed by atoms with van der Waals surface area (Å²) in [7, 11) is 0. The molecule has 0 saturated carbocycles. The van der Waals surface area contributed by atoms with Gasteiger partial charge < -0.3 is 24.6 Å². The maximum absolute atomic E-state index is 12.4. The van der Waals surface area contributed by atoms with Gasteiger partial charge >= 0.3 is 5.97 Å². The van der Waals surface area contributed by atoms with Crippen LogP contribution in [0.5, 0.6) is 0 Å². The third kappa shape index (κ3) is 6.91. The van der Waals surface area contributed by atoms with Gasteiger partial charge in [-0.1, -0.05) is 48.2 Å². The first-order chi connectivity index (χ1) is 17.4. The zero-order valence-corrected chi connectivity index (χ0v) is 20.7. The zero-order valence-electron chi connectivity index (χ0n) is 19.9. The van der Waals surface area contributed by atoms with E-state index in [2.05, 4.69) is 20.5 Å². The molecule has 1 aliphatic rings. The second kappa shape index (κ2) is 12.1. The normalized spacial score (nSPS) is 20.5. The van der Waals surface area contributed by atoms with Crippen LogP contribution in [0.4, 0.5) is 5.69 Å². The number of hydrogen-bond donors (Lipinski definition) is 3. The molecule has 3 N–H and O–H groups in total. The number of anilines is 1. The first kappa shape index (κ1) is 25.8. The van der Waals surface area contributed by atoms with Crippen LogP contribution in [0.3, 0.4) is 0 Å². The van der Waals surface area contributed by atoms with Gasteiger partial charge in [0.1, 0.15) is 6.33 Å². The highest BCUT2D eigenvalue weighted by Gasteiger charge is 2.32. The van der Waals surface area contributed by atoms with Gasteiger partial charge in [-0.2, -0.15) is 5.10 Å². The summed E-state index contributed by atoms with van der Waals surface area (Å²) in [4.78, 5) is 27.7. The molecule has 1 aromatic heterocycles. The lowest BCUT2D eigenvalue weighted by molar-refractivity contribution is -0.245. The highest BCUT2D eigenvalue weighted by atomic mass is 32.2. The molecule has 0 spiro atoms. The number of carbonyl (C=O) groups is 2. The van der Waals surface area contributed by atoms with Gasteiger partial charge in [0.25, 0.3) is 5.91 Å². The molecule has 1 unspecified atom stereocenters. The quantitative estimate of drug-likeness (QED) is 0.291. The summed E-state index contributed by atoms with van der Waals surface area (Å²) in [5.41, 5.74) is 3.08. The average Bonchev–Trinajstić information content (AvgIpc) is 3.41. The van der Waals surface area contributed by atoms with Gasteiger partial charge in [0.15, 0.2) is 17.6 Å². The van der Waals surface area contributed by atoms with E-state index in [9.17, 15) is 14.7 Å². The largest absolute Gasteiger partial charge is 0.453 e. The second-order valence-corrected chi connectivity index (χ2v) is 9.33. The van der Waals surface area contributed by atoms with E-state index >= 15 is 0 Å². The Labute approximate surface area is 212 Å². The lowest BCUT2D eigenvalue weighted by Crippen LogP contribution is -2.31. The van der Waals surface area contributed by atoms with Crippen molar-refractivity contribution in [3.63, 3.8) is 0 Å². The number of amides is 1. The Balaban J connectivity index is 1.51. The van der Waals surface area contributed by atoms with Crippen LogP contribution >= 0.6 is 11.8 Å². The van der Waals surface area contributed by atoms with E-state index < -0.39 is 24.3 Å². The smallest absolute Gasteiger partial charge is 0.303 e. The van der Waals surface area contributed by atoms with Crippen molar-refractivity contribution in [1.29, 1.82) is 0 Å². The zero-order chi connectivity index (χ0) is 25.5. The van der Waals surface area contributed by atoms with Crippen LogP contribution in [-0.2, 0) is 30.4 Å². The van der Waals surface area contributed by atoms with Gasteiger partial charge in [-0.15, -0.1) is 0 Å². The van der Waals surface area contributed by atoms with Gasteiger partial charge in [-0.05, 0) is 30.2 Å². The number of nitrogens with zero attached hydrogens (tertiary/aromatic N) is 2. The highest BCUT2D eigenvalue weighted by Crippen LogP contribution is 2.39. The molecular formula is C25H28N4O6S. The fraction of sp³-hybridized carbons (Fsp3) is 0.360. The minimum absolute atomic E-state index is 0.0252. The van der Waals surface area contributed by atoms with Gasteiger partial charge in [0.05, 0.1) is 18.8 Å². The number of aliphatic hydroxyl groups excluding tert-OH is 1. The number of H-pyrrole nitrogens is 1. The van der Waals surface area contributed by atoms with Crippen LogP contribution < -0.4 is 5.32 Å². The second-order valence-electron chi connectivity index (χ2n) is 8.32. The van der Waals surface area contributed by atoms with Crippen molar-refractivity contribution in [3.05, 3.63) is 71.5 Å². The van der Waals surface area contributed by atoms with Crippen LogP contribution in [0.25, 0.3) is 0 Å². The number of aliphatic hydroxyl groups is 1. The van der Waals surface area contributed by atoms with E-state index in [1.165, 1.54) is 31.9 Å². The summed E-state index contributed by atoms with van der Waals surface area (Å²) >= 11 is 1.51. The van der Waals surface area contributed by atoms with E-state index in [0.29, 0.717) is 23.0 Å². The van der Waals surface area contributed by atoms with Crippen molar-refractivity contribution >= 4 is 29.3 Å². The Bertz CT molecular complexity index is 1160.